The van der Waals surface area contributed by atoms with E-state index in [0.717, 1.165) is 41.5 Å². The van der Waals surface area contributed by atoms with Crippen LogP contribution in [0, 0.1) is 0 Å². The zero-order valence-electron chi connectivity index (χ0n) is 22.5. The summed E-state index contributed by atoms with van der Waals surface area (Å²) in [6.07, 6.45) is 3.30. The first kappa shape index (κ1) is 27.4. The summed E-state index contributed by atoms with van der Waals surface area (Å²) in [5.74, 6) is 1.26. The number of methoxy groups -OCH3 is 3. The normalized spacial score (nSPS) is 10.7. The maximum Gasteiger partial charge on any atom is 0.345 e. The number of hydrogen-bond donors (Lipinski definition) is 2. The van der Waals surface area contributed by atoms with Crippen LogP contribution >= 0.6 is 0 Å². The van der Waals surface area contributed by atoms with Gasteiger partial charge in [0.1, 0.15) is 5.75 Å². The molecule has 3 aromatic carbocycles. The Bertz CT molecular complexity index is 1420. The number of carbonyl (C=O) groups excluding carboxylic acids is 2. The molecule has 0 unspecified atom stereocenters. The van der Waals surface area contributed by atoms with E-state index in [2.05, 4.69) is 10.3 Å². The van der Waals surface area contributed by atoms with Gasteiger partial charge in [-0.25, -0.2) is 9.59 Å². The Kier molecular flexibility index (Phi) is 8.94. The molecular formula is C30H32N2O7. The number of ether oxygens (including phenoxy) is 5. The highest BCUT2D eigenvalue weighted by atomic mass is 16.5. The SMILES string of the molecule is CCOC(=O)c1ccc(OC(=O)c2c[nH]c3ccc(NCCCc4cc(OC)c(OC)c(OC)c4)cc23)cc1. The molecule has 9 heteroatoms. The molecule has 0 fully saturated rings. The van der Waals surface area contributed by atoms with Gasteiger partial charge in [0, 0.05) is 29.3 Å². The molecule has 39 heavy (non-hydrogen) atoms. The molecule has 0 bridgehead atoms. The van der Waals surface area contributed by atoms with Crippen molar-refractivity contribution in [1.29, 1.82) is 0 Å². The summed E-state index contributed by atoms with van der Waals surface area (Å²) >= 11 is 0. The molecule has 2 N–H and O–H groups in total. The third-order valence-electron chi connectivity index (χ3n) is 6.17. The van der Waals surface area contributed by atoms with Gasteiger partial charge in [-0.05, 0) is 79.9 Å². The molecule has 4 aromatic rings. The molecule has 9 nitrogen and oxygen atoms in total. The minimum atomic E-state index is -0.496. The van der Waals surface area contributed by atoms with Crippen LogP contribution < -0.4 is 24.3 Å². The van der Waals surface area contributed by atoms with Crippen LogP contribution in [0.5, 0.6) is 23.0 Å². The van der Waals surface area contributed by atoms with Gasteiger partial charge in [-0.1, -0.05) is 0 Å². The Labute approximate surface area is 227 Å². The summed E-state index contributed by atoms with van der Waals surface area (Å²) < 4.78 is 26.8. The minimum absolute atomic E-state index is 0.292. The van der Waals surface area contributed by atoms with Crippen LogP contribution in [0.15, 0.2) is 60.8 Å². The maximum absolute atomic E-state index is 12.9. The van der Waals surface area contributed by atoms with Gasteiger partial charge in [-0.2, -0.15) is 0 Å². The van der Waals surface area contributed by atoms with Crippen molar-refractivity contribution < 1.29 is 33.3 Å². The third kappa shape index (κ3) is 6.43. The van der Waals surface area contributed by atoms with Crippen molar-refractivity contribution in [3.05, 3.63) is 77.5 Å². The first-order chi connectivity index (χ1) is 19.0. The lowest BCUT2D eigenvalue weighted by Crippen LogP contribution is -2.09. The van der Waals surface area contributed by atoms with Crippen LogP contribution in [0.25, 0.3) is 10.9 Å². The molecule has 0 atom stereocenters. The smallest absolute Gasteiger partial charge is 0.345 e. The highest BCUT2D eigenvalue weighted by Crippen LogP contribution is 2.38. The molecule has 0 spiro atoms. The van der Waals surface area contributed by atoms with Crippen molar-refractivity contribution in [3.63, 3.8) is 0 Å². The minimum Gasteiger partial charge on any atom is -0.493 e. The molecule has 0 saturated carbocycles. The van der Waals surface area contributed by atoms with Crippen LogP contribution in [0.2, 0.25) is 0 Å². The zero-order valence-corrected chi connectivity index (χ0v) is 22.5. The lowest BCUT2D eigenvalue weighted by molar-refractivity contribution is 0.0526. The first-order valence-electron chi connectivity index (χ1n) is 12.6. The number of anilines is 1. The van der Waals surface area contributed by atoms with E-state index in [1.807, 2.05) is 30.3 Å². The summed E-state index contributed by atoms with van der Waals surface area (Å²) in [7, 11) is 4.79. The van der Waals surface area contributed by atoms with Gasteiger partial charge in [0.05, 0.1) is 39.1 Å². The molecule has 1 aromatic heterocycles. The number of hydrogen-bond acceptors (Lipinski definition) is 8. The lowest BCUT2D eigenvalue weighted by atomic mass is 10.1. The van der Waals surface area contributed by atoms with Crippen molar-refractivity contribution in [2.45, 2.75) is 19.8 Å². The topological polar surface area (TPSA) is 108 Å². The standard InChI is InChI=1S/C30H32N2O7/c1-5-38-29(33)20-8-11-22(12-9-20)39-30(34)24-18-32-25-13-10-21(17-23(24)25)31-14-6-7-19-15-26(35-2)28(37-4)27(16-19)36-3/h8-13,15-18,31-32H,5-7,14H2,1-4H3. The number of H-pyrrole nitrogens is 1. The van der Waals surface area contributed by atoms with Gasteiger partial charge in [0.25, 0.3) is 0 Å². The number of carbonyl (C=O) groups is 2. The van der Waals surface area contributed by atoms with Gasteiger partial charge in [-0.15, -0.1) is 0 Å². The molecule has 4 rings (SSSR count). The van der Waals surface area contributed by atoms with Crippen LogP contribution in [-0.4, -0.2) is 51.4 Å². The van der Waals surface area contributed by atoms with Crippen LogP contribution in [0.1, 0.15) is 39.6 Å². The molecule has 0 aliphatic carbocycles. The number of aromatic nitrogens is 1. The van der Waals surface area contributed by atoms with Gasteiger partial charge in [0.15, 0.2) is 11.5 Å². The lowest BCUT2D eigenvalue weighted by Gasteiger charge is -2.14. The van der Waals surface area contributed by atoms with Crippen molar-refractivity contribution in [3.8, 4) is 23.0 Å². The quantitative estimate of drug-likeness (QED) is 0.137. The largest absolute Gasteiger partial charge is 0.493 e. The van der Waals surface area contributed by atoms with E-state index in [9.17, 15) is 9.59 Å². The zero-order chi connectivity index (χ0) is 27.8. The average molecular weight is 533 g/mol. The van der Waals surface area contributed by atoms with Gasteiger partial charge < -0.3 is 34.0 Å². The predicted molar refractivity (Wildman–Crippen MR) is 149 cm³/mol. The van der Waals surface area contributed by atoms with E-state index in [4.69, 9.17) is 23.7 Å². The molecule has 0 saturated heterocycles. The highest BCUT2D eigenvalue weighted by Gasteiger charge is 2.16. The fourth-order valence-corrected chi connectivity index (χ4v) is 4.24. The average Bonchev–Trinajstić information content (AvgIpc) is 3.38. The second kappa shape index (κ2) is 12.7. The van der Waals surface area contributed by atoms with E-state index in [0.29, 0.717) is 40.7 Å². The van der Waals surface area contributed by atoms with Gasteiger partial charge in [-0.3, -0.25) is 0 Å². The van der Waals surface area contributed by atoms with Gasteiger partial charge >= 0.3 is 11.9 Å². The highest BCUT2D eigenvalue weighted by molar-refractivity contribution is 6.05. The number of esters is 2. The Hall–Kier alpha value is -4.66. The number of nitrogens with one attached hydrogen (secondary N) is 2. The van der Waals surface area contributed by atoms with Crippen LogP contribution in [0.3, 0.4) is 0 Å². The van der Waals surface area contributed by atoms with Crippen LogP contribution in [0.4, 0.5) is 5.69 Å². The third-order valence-corrected chi connectivity index (χ3v) is 6.17. The second-order valence-electron chi connectivity index (χ2n) is 8.66. The Morgan fingerprint density at radius 1 is 0.872 bits per heavy atom. The monoisotopic (exact) mass is 532 g/mol. The molecular weight excluding hydrogens is 500 g/mol. The van der Waals surface area contributed by atoms with E-state index in [1.54, 1.807) is 58.7 Å². The second-order valence-corrected chi connectivity index (χ2v) is 8.66. The van der Waals surface area contributed by atoms with Crippen molar-refractivity contribution in [2.75, 3.05) is 39.8 Å². The number of aromatic amines is 1. The molecule has 204 valence electrons. The number of benzene rings is 3. The molecule has 0 radical (unpaired) electrons. The summed E-state index contributed by atoms with van der Waals surface area (Å²) in [6, 6.07) is 16.0. The molecule has 0 aliphatic rings. The van der Waals surface area contributed by atoms with Crippen molar-refractivity contribution in [2.24, 2.45) is 0 Å². The summed E-state index contributed by atoms with van der Waals surface area (Å²) in [5.41, 5.74) is 3.60. The van der Waals surface area contributed by atoms with E-state index in [-0.39, 0.29) is 0 Å². The molecule has 0 aliphatic heterocycles. The number of fused-ring (bicyclic) bond motifs is 1. The number of rotatable bonds is 12. The fourth-order valence-electron chi connectivity index (χ4n) is 4.24. The van der Waals surface area contributed by atoms with E-state index >= 15 is 0 Å². The van der Waals surface area contributed by atoms with Gasteiger partial charge in [0.2, 0.25) is 5.75 Å². The molecule has 0 amide bonds. The Morgan fingerprint density at radius 2 is 1.59 bits per heavy atom. The first-order valence-corrected chi connectivity index (χ1v) is 12.6. The van der Waals surface area contributed by atoms with Crippen molar-refractivity contribution in [1.82, 2.24) is 4.98 Å². The predicted octanol–water partition coefficient (Wildman–Crippen LogP) is 5.63. The summed E-state index contributed by atoms with van der Waals surface area (Å²) in [6.45, 7) is 2.76. The summed E-state index contributed by atoms with van der Waals surface area (Å²) in [4.78, 5) is 27.9. The maximum atomic E-state index is 12.9. The summed E-state index contributed by atoms with van der Waals surface area (Å²) in [5, 5.41) is 4.17. The van der Waals surface area contributed by atoms with Crippen molar-refractivity contribution >= 4 is 28.5 Å². The molecule has 1 heterocycles. The van der Waals surface area contributed by atoms with Crippen LogP contribution in [-0.2, 0) is 11.2 Å². The Morgan fingerprint density at radius 3 is 2.23 bits per heavy atom. The number of aryl methyl sites for hydroxylation is 1. The fraction of sp³-hybridized carbons (Fsp3) is 0.267. The van der Waals surface area contributed by atoms with E-state index < -0.39 is 11.9 Å². The van der Waals surface area contributed by atoms with E-state index in [1.165, 1.54) is 0 Å². The Balaban J connectivity index is 1.38.